The first kappa shape index (κ1) is 88.4. The molecule has 0 aromatic heterocycles. The van der Waals surface area contributed by atoms with Crippen molar-refractivity contribution in [2.75, 3.05) is 7.11 Å². The van der Waals surface area contributed by atoms with Crippen molar-refractivity contribution in [1.29, 1.82) is 0 Å². The third-order valence-corrected chi connectivity index (χ3v) is 22.8. The zero-order chi connectivity index (χ0) is 65.7. The van der Waals surface area contributed by atoms with Gasteiger partial charge in [0, 0.05) is 7.11 Å². The fourth-order valence-electron chi connectivity index (χ4n) is 16.0. The van der Waals surface area contributed by atoms with Crippen molar-refractivity contribution in [1.82, 2.24) is 0 Å². The molecular weight excluding hydrogens is 1110 g/mol. The number of unbranched alkanes of at least 4 members (excludes halogenated alkanes) is 63. The summed E-state index contributed by atoms with van der Waals surface area (Å²) in [6.45, 7) is 9.63. The van der Waals surface area contributed by atoms with Crippen molar-refractivity contribution in [3.05, 3.63) is 0 Å². The Balaban J connectivity index is 1.79. The minimum atomic E-state index is -0.798. The fourth-order valence-corrected chi connectivity index (χ4v) is 16.0. The van der Waals surface area contributed by atoms with E-state index in [0.717, 1.165) is 43.4 Å². The first-order valence-corrected chi connectivity index (χ1v) is 43.3. The predicted octanol–water partition coefficient (Wildman–Crippen LogP) is 30.5. The summed E-state index contributed by atoms with van der Waals surface area (Å²) < 4.78 is 5.99. The number of carbonyl (C=O) groups is 1. The Morgan fingerprint density at radius 3 is 0.824 bits per heavy atom. The normalized spacial score (nSPS) is 15.8. The van der Waals surface area contributed by atoms with Crippen LogP contribution in [0.3, 0.4) is 0 Å². The third kappa shape index (κ3) is 62.6. The summed E-state index contributed by atoms with van der Waals surface area (Å²) in [7, 11) is 1.96. The molecule has 1 fully saturated rings. The smallest absolute Gasteiger partial charge is 0.309 e. The highest BCUT2D eigenvalue weighted by molar-refractivity contribution is 5.70. The van der Waals surface area contributed by atoms with Crippen LogP contribution in [0.4, 0.5) is 0 Å². The molecule has 1 saturated carbocycles. The van der Waals surface area contributed by atoms with Crippen molar-refractivity contribution in [2.24, 2.45) is 29.6 Å². The van der Waals surface area contributed by atoms with Gasteiger partial charge < -0.3 is 14.9 Å². The Morgan fingerprint density at radius 1 is 0.319 bits per heavy atom. The molecule has 1 unspecified atom stereocenters. The Kier molecular flexibility index (Phi) is 70.1. The summed E-state index contributed by atoms with van der Waals surface area (Å²) in [5.41, 5.74) is 0. The second-order valence-electron chi connectivity index (χ2n) is 31.6. The Hall–Kier alpha value is -0.610. The van der Waals surface area contributed by atoms with Gasteiger partial charge in [-0.1, -0.05) is 471 Å². The first-order valence-electron chi connectivity index (χ1n) is 43.3. The zero-order valence-electron chi connectivity index (χ0n) is 63.6. The molecule has 1 aliphatic carbocycles. The summed E-state index contributed by atoms with van der Waals surface area (Å²) in [6, 6.07) is 0. The Bertz CT molecular complexity index is 1380. The average molecular weight is 1280 g/mol. The van der Waals surface area contributed by atoms with Gasteiger partial charge in [-0.3, -0.25) is 4.79 Å². The van der Waals surface area contributed by atoms with Crippen LogP contribution in [0.2, 0.25) is 0 Å². The summed E-state index contributed by atoms with van der Waals surface area (Å²) in [5, 5.41) is 20.6. The number of aliphatic carboxylic acids is 1. The van der Waals surface area contributed by atoms with Gasteiger partial charge in [0.25, 0.3) is 0 Å². The standard InChI is InChI=1S/C87H172O4/c1-6-8-10-12-14-16-18-20-22-24-25-26-27-28-29-34-40-46-52-58-64-70-76-83(87(89)90)85(88)77-71-65-59-53-47-41-35-31-30-33-39-45-51-57-63-69-75-82-79-84(82)80(3)73-67-61-55-49-43-38-36-42-48-54-60-66-72-78-86(91-5)81(4)74-68-62-56-50-44-37-32-23-21-19-17-15-13-11-9-7-2/h80-86,88H,6-79H2,1-5H3,(H,89,90)/t80-,81-,82-,83?,84+,85+,86-/m0/s1. The highest BCUT2D eigenvalue weighted by Gasteiger charge is 2.39. The van der Waals surface area contributed by atoms with E-state index in [1.54, 1.807) is 0 Å². The van der Waals surface area contributed by atoms with Crippen molar-refractivity contribution < 1.29 is 19.7 Å². The summed E-state index contributed by atoms with van der Waals surface area (Å²) in [6.07, 6.45) is 102. The molecule has 0 aromatic carbocycles. The summed E-state index contributed by atoms with van der Waals surface area (Å²) >= 11 is 0. The van der Waals surface area contributed by atoms with E-state index in [9.17, 15) is 15.0 Å². The Morgan fingerprint density at radius 2 is 0.549 bits per heavy atom. The van der Waals surface area contributed by atoms with Crippen molar-refractivity contribution in [3.8, 4) is 0 Å². The maximum Gasteiger partial charge on any atom is 0.309 e. The molecule has 0 spiro atoms. The van der Waals surface area contributed by atoms with Crippen LogP contribution in [0, 0.1) is 29.6 Å². The lowest BCUT2D eigenvalue weighted by molar-refractivity contribution is -0.146. The molecule has 0 saturated heterocycles. The lowest BCUT2D eigenvalue weighted by Crippen LogP contribution is -2.28. The van der Waals surface area contributed by atoms with Crippen molar-refractivity contribution in [3.63, 3.8) is 0 Å². The molecule has 0 heterocycles. The molecule has 0 amide bonds. The second kappa shape index (κ2) is 72.1. The van der Waals surface area contributed by atoms with Crippen LogP contribution in [-0.2, 0) is 9.53 Å². The van der Waals surface area contributed by atoms with Crippen LogP contribution in [0.25, 0.3) is 0 Å². The monoisotopic (exact) mass is 1280 g/mol. The largest absolute Gasteiger partial charge is 0.481 e. The molecule has 544 valence electrons. The van der Waals surface area contributed by atoms with Crippen molar-refractivity contribution >= 4 is 5.97 Å². The zero-order valence-corrected chi connectivity index (χ0v) is 63.6. The van der Waals surface area contributed by atoms with Crippen LogP contribution < -0.4 is 0 Å². The minimum absolute atomic E-state index is 0.469. The quantitative estimate of drug-likeness (QED) is 0.0596. The van der Waals surface area contributed by atoms with Gasteiger partial charge in [0.1, 0.15) is 0 Å². The molecule has 0 aromatic rings. The van der Waals surface area contributed by atoms with Gasteiger partial charge in [-0.2, -0.15) is 0 Å². The lowest BCUT2D eigenvalue weighted by atomic mass is 9.91. The van der Waals surface area contributed by atoms with Gasteiger partial charge in [0.05, 0.1) is 18.1 Å². The molecule has 4 heteroatoms. The van der Waals surface area contributed by atoms with Crippen LogP contribution in [0.15, 0.2) is 0 Å². The van der Waals surface area contributed by atoms with Gasteiger partial charge >= 0.3 is 5.97 Å². The van der Waals surface area contributed by atoms with E-state index in [-0.39, 0.29) is 0 Å². The van der Waals surface area contributed by atoms with E-state index in [1.807, 2.05) is 7.11 Å². The van der Waals surface area contributed by atoms with Gasteiger partial charge in [-0.25, -0.2) is 0 Å². The molecule has 0 aliphatic heterocycles. The van der Waals surface area contributed by atoms with E-state index in [4.69, 9.17) is 4.74 Å². The molecule has 0 bridgehead atoms. The van der Waals surface area contributed by atoms with E-state index in [2.05, 4.69) is 27.7 Å². The molecule has 2 N–H and O–H groups in total. The molecular formula is C87H172O4. The third-order valence-electron chi connectivity index (χ3n) is 22.8. The van der Waals surface area contributed by atoms with Crippen LogP contribution in [0.5, 0.6) is 0 Å². The number of aliphatic hydroxyl groups is 1. The molecule has 1 rings (SSSR count). The highest BCUT2D eigenvalue weighted by atomic mass is 16.5. The summed E-state index contributed by atoms with van der Waals surface area (Å²) in [5.74, 6) is 2.42. The van der Waals surface area contributed by atoms with Crippen LogP contribution in [0.1, 0.15) is 503 Å². The van der Waals surface area contributed by atoms with E-state index in [0.29, 0.717) is 24.9 Å². The van der Waals surface area contributed by atoms with Gasteiger partial charge in [-0.15, -0.1) is 0 Å². The highest BCUT2D eigenvalue weighted by Crippen LogP contribution is 2.49. The lowest BCUT2D eigenvalue weighted by Gasteiger charge is -2.22. The molecule has 0 radical (unpaired) electrons. The first-order chi connectivity index (χ1) is 44.8. The Labute approximate surface area is 574 Å². The maximum absolute atomic E-state index is 12.0. The maximum atomic E-state index is 12.0. The van der Waals surface area contributed by atoms with E-state index >= 15 is 0 Å². The predicted molar refractivity (Wildman–Crippen MR) is 406 cm³/mol. The van der Waals surface area contributed by atoms with Gasteiger partial charge in [-0.05, 0) is 55.8 Å². The molecule has 91 heavy (non-hydrogen) atoms. The number of rotatable bonds is 80. The molecule has 4 nitrogen and oxygen atoms in total. The number of carboxylic acid groups (broad SMARTS) is 1. The van der Waals surface area contributed by atoms with E-state index < -0.39 is 18.0 Å². The van der Waals surface area contributed by atoms with E-state index in [1.165, 1.54) is 437 Å². The topological polar surface area (TPSA) is 66.8 Å². The number of hydrogen-bond donors (Lipinski definition) is 2. The number of methoxy groups -OCH3 is 1. The molecule has 1 aliphatic rings. The van der Waals surface area contributed by atoms with Crippen LogP contribution >= 0.6 is 0 Å². The SMILES string of the molecule is CCCCCCCCCCCCCCCCCCCCCCCCC(C(=O)O)[C@H](O)CCCCCCCCCCCCCCCCCC[C@H]1C[C@@H]1[C@@H](C)CCCCCCCCCCCCCCC[C@H](OC)[C@@H](C)CCCCCCCCCCCCCCCCCC. The number of ether oxygens (including phenoxy) is 1. The van der Waals surface area contributed by atoms with Crippen LogP contribution in [-0.4, -0.2) is 35.5 Å². The number of carboxylic acids is 1. The van der Waals surface area contributed by atoms with Gasteiger partial charge in [0.15, 0.2) is 0 Å². The number of hydrogen-bond acceptors (Lipinski definition) is 3. The minimum Gasteiger partial charge on any atom is -0.481 e. The van der Waals surface area contributed by atoms with Gasteiger partial charge in [0.2, 0.25) is 0 Å². The van der Waals surface area contributed by atoms with Crippen molar-refractivity contribution in [2.45, 2.75) is 515 Å². The number of aliphatic hydroxyl groups excluding tert-OH is 1. The average Bonchev–Trinajstić information content (AvgIpc) is 1.76. The molecule has 7 atom stereocenters. The second-order valence-corrected chi connectivity index (χ2v) is 31.6. The fraction of sp³-hybridized carbons (Fsp3) is 0.989. The summed E-state index contributed by atoms with van der Waals surface area (Å²) in [4.78, 5) is 12.0.